The Bertz CT molecular complexity index is 179. The molecule has 1 atom stereocenters. The quantitative estimate of drug-likeness (QED) is 0.369. The Morgan fingerprint density at radius 3 is 2.45 bits per heavy atom. The Labute approximate surface area is 63.3 Å². The Balaban J connectivity index is 4.41. The van der Waals surface area contributed by atoms with E-state index in [0.29, 0.717) is 6.21 Å². The van der Waals surface area contributed by atoms with Crippen LogP contribution in [-0.2, 0) is 4.79 Å². The van der Waals surface area contributed by atoms with E-state index in [0.717, 1.165) is 0 Å². The van der Waals surface area contributed by atoms with Crippen molar-refractivity contribution < 1.29 is 19.5 Å². The number of aliphatic carboxylic acids is 1. The second-order valence-electron chi connectivity index (χ2n) is 2.69. The van der Waals surface area contributed by atoms with Gasteiger partial charge in [-0.1, -0.05) is 5.16 Å². The average Bonchev–Trinajstić information content (AvgIpc) is 1.88. The number of alkyl halides is 1. The van der Waals surface area contributed by atoms with Crippen molar-refractivity contribution >= 4 is 12.2 Å². The Kier molecular flexibility index (Phi) is 2.98. The number of carboxylic acids is 1. The zero-order valence-corrected chi connectivity index (χ0v) is 6.28. The summed E-state index contributed by atoms with van der Waals surface area (Å²) in [6.07, 6.45) is -1.24. The van der Waals surface area contributed by atoms with Crippen LogP contribution in [0.3, 0.4) is 0 Å². The van der Waals surface area contributed by atoms with Crippen molar-refractivity contribution in [1.82, 2.24) is 0 Å². The van der Waals surface area contributed by atoms with Crippen LogP contribution in [-0.4, -0.2) is 28.7 Å². The van der Waals surface area contributed by atoms with Crippen molar-refractivity contribution in [3.8, 4) is 0 Å². The summed E-state index contributed by atoms with van der Waals surface area (Å²) in [4.78, 5) is 10.4. The van der Waals surface area contributed by atoms with Gasteiger partial charge >= 0.3 is 5.97 Å². The van der Waals surface area contributed by atoms with Crippen LogP contribution in [0, 0.1) is 5.41 Å². The van der Waals surface area contributed by atoms with E-state index >= 15 is 0 Å². The van der Waals surface area contributed by atoms with E-state index in [2.05, 4.69) is 5.16 Å². The summed E-state index contributed by atoms with van der Waals surface area (Å²) in [5, 5.41) is 18.8. The zero-order valence-electron chi connectivity index (χ0n) is 6.28. The van der Waals surface area contributed by atoms with Crippen LogP contribution in [0.15, 0.2) is 5.16 Å². The van der Waals surface area contributed by atoms with Gasteiger partial charge in [0.15, 0.2) is 6.17 Å². The number of hydrogen-bond donors (Lipinski definition) is 2. The lowest BCUT2D eigenvalue weighted by Gasteiger charge is -2.19. The predicted molar refractivity (Wildman–Crippen MR) is 36.6 cm³/mol. The van der Waals surface area contributed by atoms with Crippen LogP contribution in [0.5, 0.6) is 0 Å². The lowest BCUT2D eigenvalue weighted by molar-refractivity contribution is -0.148. The topological polar surface area (TPSA) is 69.9 Å². The van der Waals surface area contributed by atoms with Crippen LogP contribution in [0.2, 0.25) is 0 Å². The highest BCUT2D eigenvalue weighted by Gasteiger charge is 2.36. The van der Waals surface area contributed by atoms with Crippen LogP contribution in [0.1, 0.15) is 13.8 Å². The maximum atomic E-state index is 12.7. The Morgan fingerprint density at radius 1 is 1.73 bits per heavy atom. The minimum absolute atomic E-state index is 0.550. The third kappa shape index (κ3) is 2.18. The molecule has 2 N–H and O–H groups in total. The molecule has 0 rings (SSSR count). The van der Waals surface area contributed by atoms with Crippen molar-refractivity contribution in [2.24, 2.45) is 10.6 Å². The van der Waals surface area contributed by atoms with Gasteiger partial charge in [-0.05, 0) is 13.8 Å². The molecule has 0 aliphatic carbocycles. The summed E-state index contributed by atoms with van der Waals surface area (Å²) in [5.74, 6) is -1.27. The standard InChI is InChI=1S/C6H10FNO3/c1-6(2,5(9)10)4(7)3-8-11/h3-4,11H,1-2H3,(H,9,10). The molecule has 0 radical (unpaired) electrons. The highest BCUT2D eigenvalue weighted by molar-refractivity contribution is 5.80. The van der Waals surface area contributed by atoms with Gasteiger partial charge in [-0.3, -0.25) is 4.79 Å². The first-order chi connectivity index (χ1) is 4.92. The average molecular weight is 163 g/mol. The molecule has 4 nitrogen and oxygen atoms in total. The molecule has 0 aliphatic heterocycles. The molecular weight excluding hydrogens is 153 g/mol. The first kappa shape index (κ1) is 9.87. The molecule has 11 heavy (non-hydrogen) atoms. The maximum Gasteiger partial charge on any atom is 0.312 e. The summed E-state index contributed by atoms with van der Waals surface area (Å²) in [7, 11) is 0. The van der Waals surface area contributed by atoms with E-state index in [1.54, 1.807) is 0 Å². The van der Waals surface area contributed by atoms with Crippen LogP contribution < -0.4 is 0 Å². The lowest BCUT2D eigenvalue weighted by Crippen LogP contribution is -2.35. The van der Waals surface area contributed by atoms with E-state index < -0.39 is 17.6 Å². The Morgan fingerprint density at radius 2 is 2.18 bits per heavy atom. The van der Waals surface area contributed by atoms with Crippen LogP contribution in [0.4, 0.5) is 4.39 Å². The Hall–Kier alpha value is -1.13. The van der Waals surface area contributed by atoms with Gasteiger partial charge in [-0.2, -0.15) is 0 Å². The minimum atomic E-state index is -1.79. The fourth-order valence-corrected chi connectivity index (χ4v) is 0.363. The summed E-state index contributed by atoms with van der Waals surface area (Å²) < 4.78 is 12.7. The number of oxime groups is 1. The molecule has 0 heterocycles. The first-order valence-corrected chi connectivity index (χ1v) is 2.98. The van der Waals surface area contributed by atoms with Gasteiger partial charge in [-0.25, -0.2) is 4.39 Å². The molecule has 0 aromatic heterocycles. The molecule has 0 spiro atoms. The second kappa shape index (κ2) is 3.32. The third-order valence-corrected chi connectivity index (χ3v) is 1.44. The number of nitrogens with zero attached hydrogens (tertiary/aromatic N) is 1. The minimum Gasteiger partial charge on any atom is -0.481 e. The van der Waals surface area contributed by atoms with Crippen molar-refractivity contribution in [3.63, 3.8) is 0 Å². The van der Waals surface area contributed by atoms with Crippen LogP contribution >= 0.6 is 0 Å². The molecule has 0 amide bonds. The molecule has 64 valence electrons. The highest BCUT2D eigenvalue weighted by Crippen LogP contribution is 2.22. The zero-order chi connectivity index (χ0) is 9.07. The van der Waals surface area contributed by atoms with Crippen molar-refractivity contribution in [1.29, 1.82) is 0 Å². The maximum absolute atomic E-state index is 12.7. The molecule has 0 saturated heterocycles. The van der Waals surface area contributed by atoms with Gasteiger partial charge in [0.25, 0.3) is 0 Å². The molecule has 5 heteroatoms. The van der Waals surface area contributed by atoms with Gasteiger partial charge in [0.1, 0.15) is 0 Å². The fraction of sp³-hybridized carbons (Fsp3) is 0.667. The SMILES string of the molecule is CC(C)(C(=O)O)C(F)C=NO. The van der Waals surface area contributed by atoms with E-state index in [1.807, 2.05) is 0 Å². The summed E-state index contributed by atoms with van der Waals surface area (Å²) in [5.41, 5.74) is -1.55. The second-order valence-corrected chi connectivity index (χ2v) is 2.69. The van der Waals surface area contributed by atoms with E-state index in [1.165, 1.54) is 13.8 Å². The van der Waals surface area contributed by atoms with Gasteiger partial charge in [0.05, 0.1) is 11.6 Å². The molecule has 0 aromatic carbocycles. The van der Waals surface area contributed by atoms with E-state index in [4.69, 9.17) is 10.3 Å². The molecular formula is C6H10FNO3. The van der Waals surface area contributed by atoms with Gasteiger partial charge in [-0.15, -0.1) is 0 Å². The normalized spacial score (nSPS) is 15.2. The molecule has 0 fully saturated rings. The molecule has 0 aliphatic rings. The monoisotopic (exact) mass is 163 g/mol. The number of rotatable bonds is 3. The molecule has 1 unspecified atom stereocenters. The summed E-state index contributed by atoms with van der Waals surface area (Å²) >= 11 is 0. The van der Waals surface area contributed by atoms with Crippen molar-refractivity contribution in [3.05, 3.63) is 0 Å². The number of carboxylic acid groups (broad SMARTS) is 1. The number of halogens is 1. The van der Waals surface area contributed by atoms with Crippen molar-refractivity contribution in [2.75, 3.05) is 0 Å². The van der Waals surface area contributed by atoms with Crippen LogP contribution in [0.25, 0.3) is 0 Å². The summed E-state index contributed by atoms with van der Waals surface area (Å²) in [6.45, 7) is 2.42. The smallest absolute Gasteiger partial charge is 0.312 e. The fourth-order valence-electron chi connectivity index (χ4n) is 0.363. The van der Waals surface area contributed by atoms with E-state index in [-0.39, 0.29) is 0 Å². The predicted octanol–water partition coefficient (Wildman–Crippen LogP) is 0.895. The molecule has 0 saturated carbocycles. The molecule has 0 aromatic rings. The lowest BCUT2D eigenvalue weighted by atomic mass is 9.88. The first-order valence-electron chi connectivity index (χ1n) is 2.98. The third-order valence-electron chi connectivity index (χ3n) is 1.44. The number of carbonyl (C=O) groups is 1. The van der Waals surface area contributed by atoms with E-state index in [9.17, 15) is 9.18 Å². The highest BCUT2D eigenvalue weighted by atomic mass is 19.1. The largest absolute Gasteiger partial charge is 0.481 e. The van der Waals surface area contributed by atoms with Gasteiger partial charge in [0, 0.05) is 0 Å². The van der Waals surface area contributed by atoms with Gasteiger partial charge < -0.3 is 10.3 Å². The van der Waals surface area contributed by atoms with Crippen molar-refractivity contribution in [2.45, 2.75) is 20.0 Å². The van der Waals surface area contributed by atoms with Gasteiger partial charge in [0.2, 0.25) is 0 Å². The number of hydrogen-bond acceptors (Lipinski definition) is 3. The summed E-state index contributed by atoms with van der Waals surface area (Å²) in [6, 6.07) is 0. The molecule has 0 bridgehead atoms.